The molecule has 0 aliphatic carbocycles. The number of rotatable bonds is 6. The number of benzene rings is 1. The Morgan fingerprint density at radius 2 is 1.86 bits per heavy atom. The first-order valence-electron chi connectivity index (χ1n) is 8.00. The van der Waals surface area contributed by atoms with Gasteiger partial charge < -0.3 is 15.0 Å². The van der Waals surface area contributed by atoms with Crippen LogP contribution < -0.4 is 10.1 Å². The van der Waals surface area contributed by atoms with Gasteiger partial charge in [0.1, 0.15) is 5.75 Å². The van der Waals surface area contributed by atoms with E-state index in [1.54, 1.807) is 0 Å². The molecule has 2 rings (SSSR count). The lowest BCUT2D eigenvalue weighted by molar-refractivity contribution is 0.0642. The second-order valence-electron chi connectivity index (χ2n) is 5.44. The number of piperidine rings is 1. The van der Waals surface area contributed by atoms with E-state index in [0.29, 0.717) is 12.6 Å². The Morgan fingerprint density at radius 3 is 2.41 bits per heavy atom. The molecular formula is C17H27ClN2O2. The Labute approximate surface area is 139 Å². The number of carbonyl (C=O) groups is 1. The van der Waals surface area contributed by atoms with Crippen LogP contribution in [-0.4, -0.2) is 43.1 Å². The van der Waals surface area contributed by atoms with Crippen LogP contribution >= 0.6 is 12.4 Å². The molecule has 4 nitrogen and oxygen atoms in total. The van der Waals surface area contributed by atoms with Crippen LogP contribution in [0.25, 0.3) is 0 Å². The number of nitrogens with zero attached hydrogens (tertiary/aromatic N) is 1. The second-order valence-corrected chi connectivity index (χ2v) is 5.44. The standard InChI is InChI=1S/C17H26N2O2.ClH/c1-3-13-19(15-9-11-18-12-10-15)17(20)14-5-7-16(8-6-14)21-4-2;/h5-8,15,18H,3-4,9-13H2,1-2H3;1H. The van der Waals surface area contributed by atoms with Gasteiger partial charge in [0.2, 0.25) is 0 Å². The highest BCUT2D eigenvalue weighted by Crippen LogP contribution is 2.18. The molecule has 1 aromatic carbocycles. The number of hydrogen-bond acceptors (Lipinski definition) is 3. The smallest absolute Gasteiger partial charge is 0.254 e. The van der Waals surface area contributed by atoms with Gasteiger partial charge in [0.25, 0.3) is 5.91 Å². The van der Waals surface area contributed by atoms with E-state index in [-0.39, 0.29) is 18.3 Å². The van der Waals surface area contributed by atoms with Gasteiger partial charge in [-0.05, 0) is 63.5 Å². The lowest BCUT2D eigenvalue weighted by Gasteiger charge is -2.34. The van der Waals surface area contributed by atoms with Crippen LogP contribution in [0.3, 0.4) is 0 Å². The summed E-state index contributed by atoms with van der Waals surface area (Å²) in [7, 11) is 0. The van der Waals surface area contributed by atoms with Crippen LogP contribution in [0.1, 0.15) is 43.5 Å². The largest absolute Gasteiger partial charge is 0.494 e. The number of nitrogens with one attached hydrogen (secondary N) is 1. The second kappa shape index (κ2) is 9.70. The molecule has 1 N–H and O–H groups in total. The van der Waals surface area contributed by atoms with Crippen molar-refractivity contribution in [2.45, 2.75) is 39.2 Å². The monoisotopic (exact) mass is 326 g/mol. The average molecular weight is 327 g/mol. The zero-order valence-electron chi connectivity index (χ0n) is 13.5. The van der Waals surface area contributed by atoms with E-state index < -0.39 is 0 Å². The molecule has 1 heterocycles. The van der Waals surface area contributed by atoms with E-state index >= 15 is 0 Å². The molecule has 0 aromatic heterocycles. The molecular weight excluding hydrogens is 300 g/mol. The lowest BCUT2D eigenvalue weighted by Crippen LogP contribution is -2.46. The molecule has 0 atom stereocenters. The molecule has 1 amide bonds. The van der Waals surface area contributed by atoms with E-state index in [4.69, 9.17) is 4.74 Å². The van der Waals surface area contributed by atoms with Gasteiger partial charge in [-0.25, -0.2) is 0 Å². The van der Waals surface area contributed by atoms with Crippen molar-refractivity contribution < 1.29 is 9.53 Å². The minimum Gasteiger partial charge on any atom is -0.494 e. The predicted octanol–water partition coefficient (Wildman–Crippen LogP) is 3.11. The van der Waals surface area contributed by atoms with Crippen molar-refractivity contribution in [1.82, 2.24) is 10.2 Å². The molecule has 0 radical (unpaired) electrons. The number of halogens is 1. The summed E-state index contributed by atoms with van der Waals surface area (Å²) in [5.41, 5.74) is 0.755. The SMILES string of the molecule is CCCN(C(=O)c1ccc(OCC)cc1)C1CCNCC1.Cl. The van der Waals surface area contributed by atoms with Crippen LogP contribution in [0.2, 0.25) is 0 Å². The highest BCUT2D eigenvalue weighted by atomic mass is 35.5. The Kier molecular flexibility index (Phi) is 8.28. The van der Waals surface area contributed by atoms with Gasteiger partial charge in [-0.3, -0.25) is 4.79 Å². The Bertz CT molecular complexity index is 444. The minimum absolute atomic E-state index is 0. The molecule has 5 heteroatoms. The third-order valence-electron chi connectivity index (χ3n) is 3.89. The van der Waals surface area contributed by atoms with Gasteiger partial charge in [-0.2, -0.15) is 0 Å². The fourth-order valence-electron chi connectivity index (χ4n) is 2.84. The first kappa shape index (κ1) is 18.8. The van der Waals surface area contributed by atoms with Crippen molar-refractivity contribution >= 4 is 18.3 Å². The molecule has 1 aromatic rings. The summed E-state index contributed by atoms with van der Waals surface area (Å²) < 4.78 is 5.43. The normalized spacial score (nSPS) is 15.0. The molecule has 0 spiro atoms. The maximum Gasteiger partial charge on any atom is 0.254 e. The van der Waals surface area contributed by atoms with Crippen molar-refractivity contribution in [2.75, 3.05) is 26.2 Å². The number of carbonyl (C=O) groups excluding carboxylic acids is 1. The maximum atomic E-state index is 12.8. The van der Waals surface area contributed by atoms with Crippen molar-refractivity contribution in [3.05, 3.63) is 29.8 Å². The van der Waals surface area contributed by atoms with Gasteiger partial charge in [0.15, 0.2) is 0 Å². The number of hydrogen-bond donors (Lipinski definition) is 1. The Balaban J connectivity index is 0.00000242. The van der Waals surface area contributed by atoms with Crippen molar-refractivity contribution in [2.24, 2.45) is 0 Å². The molecule has 0 unspecified atom stereocenters. The summed E-state index contributed by atoms with van der Waals surface area (Å²) in [6.07, 6.45) is 3.08. The van der Waals surface area contributed by atoms with Crippen LogP contribution in [-0.2, 0) is 0 Å². The number of ether oxygens (including phenoxy) is 1. The van der Waals surface area contributed by atoms with E-state index in [0.717, 1.165) is 50.2 Å². The highest BCUT2D eigenvalue weighted by molar-refractivity contribution is 5.94. The first-order valence-corrected chi connectivity index (χ1v) is 8.00. The zero-order valence-corrected chi connectivity index (χ0v) is 14.3. The Hall–Kier alpha value is -1.26. The van der Waals surface area contributed by atoms with Gasteiger partial charge >= 0.3 is 0 Å². The zero-order chi connectivity index (χ0) is 15.1. The molecule has 22 heavy (non-hydrogen) atoms. The molecule has 1 aliphatic heterocycles. The van der Waals surface area contributed by atoms with Crippen molar-refractivity contribution in [3.8, 4) is 5.75 Å². The topological polar surface area (TPSA) is 41.6 Å². The van der Waals surface area contributed by atoms with E-state index in [2.05, 4.69) is 17.1 Å². The predicted molar refractivity (Wildman–Crippen MR) is 92.1 cm³/mol. The summed E-state index contributed by atoms with van der Waals surface area (Å²) in [6.45, 7) is 7.56. The molecule has 124 valence electrons. The van der Waals surface area contributed by atoms with E-state index in [9.17, 15) is 4.79 Å². The summed E-state index contributed by atoms with van der Waals surface area (Å²) in [4.78, 5) is 14.8. The summed E-state index contributed by atoms with van der Waals surface area (Å²) in [6, 6.07) is 7.87. The number of amides is 1. The first-order chi connectivity index (χ1) is 10.3. The van der Waals surface area contributed by atoms with Gasteiger partial charge in [0, 0.05) is 18.2 Å². The van der Waals surface area contributed by atoms with Crippen LogP contribution in [0.5, 0.6) is 5.75 Å². The lowest BCUT2D eigenvalue weighted by atomic mass is 10.0. The third kappa shape index (κ3) is 4.89. The summed E-state index contributed by atoms with van der Waals surface area (Å²) >= 11 is 0. The maximum absolute atomic E-state index is 12.8. The van der Waals surface area contributed by atoms with Gasteiger partial charge in [0.05, 0.1) is 6.61 Å². The fourth-order valence-corrected chi connectivity index (χ4v) is 2.84. The summed E-state index contributed by atoms with van der Waals surface area (Å²) in [5, 5.41) is 3.36. The molecule has 1 fully saturated rings. The van der Waals surface area contributed by atoms with E-state index in [1.165, 1.54) is 0 Å². The van der Waals surface area contributed by atoms with Crippen molar-refractivity contribution in [1.29, 1.82) is 0 Å². The molecule has 0 bridgehead atoms. The van der Waals surface area contributed by atoms with Gasteiger partial charge in [-0.1, -0.05) is 6.92 Å². The third-order valence-corrected chi connectivity index (χ3v) is 3.89. The van der Waals surface area contributed by atoms with Gasteiger partial charge in [-0.15, -0.1) is 12.4 Å². The quantitative estimate of drug-likeness (QED) is 0.873. The van der Waals surface area contributed by atoms with E-state index in [1.807, 2.05) is 31.2 Å². The van der Waals surface area contributed by atoms with Crippen molar-refractivity contribution in [3.63, 3.8) is 0 Å². The van der Waals surface area contributed by atoms with Crippen LogP contribution in [0.4, 0.5) is 0 Å². The van der Waals surface area contributed by atoms with Crippen LogP contribution in [0, 0.1) is 0 Å². The minimum atomic E-state index is 0. The Morgan fingerprint density at radius 1 is 1.23 bits per heavy atom. The average Bonchev–Trinajstić information content (AvgIpc) is 2.54. The summed E-state index contributed by atoms with van der Waals surface area (Å²) in [5.74, 6) is 0.963. The van der Waals surface area contributed by atoms with Crippen LogP contribution in [0.15, 0.2) is 24.3 Å². The highest BCUT2D eigenvalue weighted by Gasteiger charge is 2.25. The molecule has 1 saturated heterocycles. The fraction of sp³-hybridized carbons (Fsp3) is 0.588. The molecule has 0 saturated carbocycles. The molecule has 1 aliphatic rings.